The third-order valence-corrected chi connectivity index (χ3v) is 5.93. The number of halogens is 1. The van der Waals surface area contributed by atoms with Crippen LogP contribution in [0, 0.1) is 5.41 Å². The van der Waals surface area contributed by atoms with E-state index in [4.69, 9.17) is 16.3 Å². The van der Waals surface area contributed by atoms with Gasteiger partial charge >= 0.3 is 0 Å². The summed E-state index contributed by atoms with van der Waals surface area (Å²) in [5.74, 6) is -0.744. The number of benzene rings is 1. The van der Waals surface area contributed by atoms with Crippen molar-refractivity contribution in [2.45, 2.75) is 44.1 Å². The minimum Gasteiger partial charge on any atom is -0.374 e. The molecule has 2 saturated heterocycles. The lowest BCUT2D eigenvalue weighted by Crippen LogP contribution is -2.47. The van der Waals surface area contributed by atoms with Crippen molar-refractivity contribution in [3.05, 3.63) is 34.9 Å². The Balaban J connectivity index is 1.70. The molecule has 22 heavy (non-hydrogen) atoms. The Hall–Kier alpha value is -1.11. The largest absolute Gasteiger partial charge is 0.374 e. The summed E-state index contributed by atoms with van der Waals surface area (Å²) in [6.07, 6.45) is 2.23. The van der Waals surface area contributed by atoms with E-state index in [1.807, 2.05) is 0 Å². The third kappa shape index (κ3) is 3.00. The molecule has 2 aliphatic heterocycles. The maximum Gasteiger partial charge on any atom is 0.242 e. The number of hydrogen-bond donors (Lipinski definition) is 1. The van der Waals surface area contributed by atoms with Gasteiger partial charge in [-0.05, 0) is 43.9 Å². The molecule has 0 aromatic heterocycles. The molecule has 0 spiro atoms. The van der Waals surface area contributed by atoms with Crippen LogP contribution < -0.4 is 4.72 Å². The molecule has 3 rings (SSSR count). The fourth-order valence-corrected chi connectivity index (χ4v) is 4.73. The average Bonchev–Trinajstić information content (AvgIpc) is 2.98. The lowest BCUT2D eigenvalue weighted by atomic mass is 9.75. The molecule has 0 saturated carbocycles. The molecular weight excluding hydrogens is 326 g/mol. The summed E-state index contributed by atoms with van der Waals surface area (Å²) in [6.45, 7) is 1.78. The Kier molecular flexibility index (Phi) is 3.95. The predicted octanol–water partition coefficient (Wildman–Crippen LogP) is 2.24. The molecule has 2 fully saturated rings. The van der Waals surface area contributed by atoms with E-state index in [-0.39, 0.29) is 18.0 Å². The molecule has 1 aromatic rings. The number of fused-ring (bicyclic) bond motifs is 2. The summed E-state index contributed by atoms with van der Waals surface area (Å²) in [4.78, 5) is 12.4. The van der Waals surface area contributed by atoms with Gasteiger partial charge in [0.05, 0.1) is 23.4 Å². The molecule has 1 aromatic carbocycles. The molecule has 2 aliphatic rings. The quantitative estimate of drug-likeness (QED) is 0.910. The van der Waals surface area contributed by atoms with Crippen molar-refractivity contribution in [3.8, 4) is 0 Å². The van der Waals surface area contributed by atoms with Crippen LogP contribution in [0.1, 0.15) is 31.7 Å². The zero-order valence-electron chi connectivity index (χ0n) is 12.2. The van der Waals surface area contributed by atoms with Gasteiger partial charge in [0.2, 0.25) is 15.9 Å². The SMILES string of the molecule is CC1(C(=O)NS(=O)(=O)Cc2cccc(Cl)c2)CC2CCC1O2. The fourth-order valence-electron chi connectivity index (χ4n) is 3.31. The number of ether oxygens (including phenoxy) is 1. The van der Waals surface area contributed by atoms with E-state index in [0.29, 0.717) is 17.0 Å². The monoisotopic (exact) mass is 343 g/mol. The number of sulfonamides is 1. The highest BCUT2D eigenvalue weighted by Crippen LogP contribution is 2.47. The number of hydrogen-bond acceptors (Lipinski definition) is 4. The molecule has 1 amide bonds. The first-order valence-electron chi connectivity index (χ1n) is 7.23. The smallest absolute Gasteiger partial charge is 0.242 e. The number of nitrogens with one attached hydrogen (secondary N) is 1. The molecule has 0 radical (unpaired) electrons. The van der Waals surface area contributed by atoms with Crippen molar-refractivity contribution in [1.82, 2.24) is 4.72 Å². The van der Waals surface area contributed by atoms with Crippen LogP contribution in [0.25, 0.3) is 0 Å². The molecule has 2 heterocycles. The maximum atomic E-state index is 12.4. The molecular formula is C15H18ClNO4S. The molecule has 1 N–H and O–H groups in total. The summed E-state index contributed by atoms with van der Waals surface area (Å²) in [6, 6.07) is 6.59. The topological polar surface area (TPSA) is 72.5 Å². The lowest BCUT2D eigenvalue weighted by molar-refractivity contribution is -0.131. The van der Waals surface area contributed by atoms with Crippen LogP contribution in [0.5, 0.6) is 0 Å². The first-order chi connectivity index (χ1) is 10.3. The summed E-state index contributed by atoms with van der Waals surface area (Å²) < 4.78 is 32.3. The first-order valence-corrected chi connectivity index (χ1v) is 9.26. The highest BCUT2D eigenvalue weighted by atomic mass is 35.5. The molecule has 3 unspecified atom stereocenters. The normalized spacial score (nSPS) is 30.5. The Morgan fingerprint density at radius 2 is 2.23 bits per heavy atom. The molecule has 7 heteroatoms. The zero-order valence-corrected chi connectivity index (χ0v) is 13.8. The van der Waals surface area contributed by atoms with Crippen LogP contribution in [0.2, 0.25) is 5.02 Å². The van der Waals surface area contributed by atoms with Crippen molar-refractivity contribution < 1.29 is 17.9 Å². The van der Waals surface area contributed by atoms with E-state index < -0.39 is 21.3 Å². The maximum absolute atomic E-state index is 12.4. The van der Waals surface area contributed by atoms with Gasteiger partial charge in [-0.2, -0.15) is 0 Å². The molecule has 120 valence electrons. The Labute approximate surface area is 135 Å². The van der Waals surface area contributed by atoms with Crippen LogP contribution in [-0.4, -0.2) is 26.5 Å². The molecule has 5 nitrogen and oxygen atoms in total. The Morgan fingerprint density at radius 3 is 2.82 bits per heavy atom. The van der Waals surface area contributed by atoms with Gasteiger partial charge in [-0.1, -0.05) is 23.7 Å². The second kappa shape index (κ2) is 5.51. The number of amides is 1. The van der Waals surface area contributed by atoms with Crippen molar-refractivity contribution in [2.75, 3.05) is 0 Å². The molecule has 0 aliphatic carbocycles. The zero-order chi connectivity index (χ0) is 16.0. The van der Waals surface area contributed by atoms with E-state index in [1.165, 1.54) is 0 Å². The Bertz CT molecular complexity index is 705. The second-order valence-corrected chi connectivity index (χ2v) is 8.42. The van der Waals surface area contributed by atoms with Gasteiger partial charge in [-0.15, -0.1) is 0 Å². The summed E-state index contributed by atoms with van der Waals surface area (Å²) >= 11 is 5.85. The van der Waals surface area contributed by atoms with Crippen molar-refractivity contribution in [3.63, 3.8) is 0 Å². The van der Waals surface area contributed by atoms with Gasteiger partial charge in [0.15, 0.2) is 0 Å². The van der Waals surface area contributed by atoms with Crippen LogP contribution in [-0.2, 0) is 25.3 Å². The Morgan fingerprint density at radius 1 is 1.45 bits per heavy atom. The van der Waals surface area contributed by atoms with Crippen LogP contribution in [0.15, 0.2) is 24.3 Å². The third-order valence-electron chi connectivity index (χ3n) is 4.48. The number of carbonyl (C=O) groups is 1. The van der Waals surface area contributed by atoms with E-state index >= 15 is 0 Å². The molecule has 3 atom stereocenters. The first kappa shape index (κ1) is 15.8. The molecule has 2 bridgehead atoms. The standard InChI is InChI=1S/C15H18ClNO4S/c1-15(8-12-5-6-13(15)21-12)14(18)17-22(19,20)9-10-3-2-4-11(16)7-10/h2-4,7,12-13H,5-6,8-9H2,1H3,(H,17,18). The van der Waals surface area contributed by atoms with E-state index in [2.05, 4.69) is 4.72 Å². The van der Waals surface area contributed by atoms with Crippen molar-refractivity contribution in [2.24, 2.45) is 5.41 Å². The highest BCUT2D eigenvalue weighted by molar-refractivity contribution is 7.89. The highest BCUT2D eigenvalue weighted by Gasteiger charge is 2.54. The number of carbonyl (C=O) groups excluding carboxylic acids is 1. The van der Waals surface area contributed by atoms with Crippen molar-refractivity contribution in [1.29, 1.82) is 0 Å². The van der Waals surface area contributed by atoms with Crippen LogP contribution >= 0.6 is 11.6 Å². The average molecular weight is 344 g/mol. The summed E-state index contributed by atoms with van der Waals surface area (Å²) in [5.41, 5.74) is -0.216. The van der Waals surface area contributed by atoms with Gasteiger partial charge in [0, 0.05) is 5.02 Å². The van der Waals surface area contributed by atoms with E-state index in [1.54, 1.807) is 31.2 Å². The van der Waals surface area contributed by atoms with Gasteiger partial charge in [0.25, 0.3) is 0 Å². The minimum atomic E-state index is -3.76. The lowest BCUT2D eigenvalue weighted by Gasteiger charge is -2.29. The summed E-state index contributed by atoms with van der Waals surface area (Å²) in [7, 11) is -3.76. The van der Waals surface area contributed by atoms with Gasteiger partial charge in [-0.3, -0.25) is 9.52 Å². The second-order valence-electron chi connectivity index (χ2n) is 6.27. The van der Waals surface area contributed by atoms with Crippen molar-refractivity contribution >= 4 is 27.5 Å². The predicted molar refractivity (Wildman–Crippen MR) is 82.8 cm³/mol. The van der Waals surface area contributed by atoms with E-state index in [0.717, 1.165) is 12.8 Å². The van der Waals surface area contributed by atoms with E-state index in [9.17, 15) is 13.2 Å². The number of rotatable bonds is 4. The summed E-state index contributed by atoms with van der Waals surface area (Å²) in [5, 5.41) is 0.465. The van der Waals surface area contributed by atoms with Gasteiger partial charge in [-0.25, -0.2) is 8.42 Å². The van der Waals surface area contributed by atoms with Gasteiger partial charge in [0.1, 0.15) is 0 Å². The van der Waals surface area contributed by atoms with Crippen LogP contribution in [0.4, 0.5) is 0 Å². The van der Waals surface area contributed by atoms with Gasteiger partial charge < -0.3 is 4.74 Å². The fraction of sp³-hybridized carbons (Fsp3) is 0.533. The van der Waals surface area contributed by atoms with Crippen LogP contribution in [0.3, 0.4) is 0 Å². The minimum absolute atomic E-state index is 0.0800.